The van der Waals surface area contributed by atoms with Crippen molar-refractivity contribution in [3.8, 4) is 11.4 Å². The molecule has 2 aliphatic rings. The Morgan fingerprint density at radius 1 is 1.07 bits per heavy atom. The van der Waals surface area contributed by atoms with Gasteiger partial charge in [0.25, 0.3) is 5.91 Å². The molecular formula is C34H37ClN6O4Si. The third-order valence-corrected chi connectivity index (χ3v) is 10.7. The summed E-state index contributed by atoms with van der Waals surface area (Å²) in [6.45, 7) is 7.20. The number of hydrogen-bond acceptors (Lipinski definition) is 7. The van der Waals surface area contributed by atoms with E-state index in [4.69, 9.17) is 21.3 Å². The maximum atomic E-state index is 13.8. The molecule has 2 unspecified atom stereocenters. The zero-order chi connectivity index (χ0) is 32.6. The number of carbonyl (C=O) groups is 2. The predicted octanol–water partition coefficient (Wildman–Crippen LogP) is 4.20. The van der Waals surface area contributed by atoms with Crippen LogP contribution in [-0.2, 0) is 4.79 Å². The second-order valence-electron chi connectivity index (χ2n) is 12.4. The molecule has 2 aliphatic heterocycles. The van der Waals surface area contributed by atoms with Gasteiger partial charge in [0.1, 0.15) is 17.6 Å². The molecule has 6 rings (SSSR count). The van der Waals surface area contributed by atoms with Gasteiger partial charge in [-0.2, -0.15) is 0 Å². The summed E-state index contributed by atoms with van der Waals surface area (Å²) in [4.78, 5) is 43.9. The molecule has 3 aromatic carbocycles. The third-order valence-electron chi connectivity index (χ3n) is 8.66. The minimum absolute atomic E-state index is 0.0276. The molecule has 4 aromatic rings. The van der Waals surface area contributed by atoms with Crippen LogP contribution in [0.15, 0.2) is 71.7 Å². The summed E-state index contributed by atoms with van der Waals surface area (Å²) >= 11 is 6.22. The number of methoxy groups -OCH3 is 1. The Balaban J connectivity index is 1.19. The Morgan fingerprint density at radius 2 is 1.80 bits per heavy atom. The number of nitrogens with one attached hydrogen (secondary N) is 1. The number of amides is 2. The Morgan fingerprint density at radius 3 is 2.50 bits per heavy atom. The van der Waals surface area contributed by atoms with Gasteiger partial charge in [-0.25, -0.2) is 0 Å². The van der Waals surface area contributed by atoms with Crippen LogP contribution >= 0.6 is 11.6 Å². The van der Waals surface area contributed by atoms with E-state index < -0.39 is 14.4 Å². The molecule has 2 atom stereocenters. The van der Waals surface area contributed by atoms with Crippen LogP contribution in [-0.4, -0.2) is 77.0 Å². The highest BCUT2D eigenvalue weighted by atomic mass is 35.5. The Kier molecular flexibility index (Phi) is 8.82. The van der Waals surface area contributed by atoms with Crippen LogP contribution in [0.2, 0.25) is 18.1 Å². The fraction of sp³-hybridized carbons (Fsp3) is 0.324. The maximum absolute atomic E-state index is 13.8. The summed E-state index contributed by atoms with van der Waals surface area (Å²) in [5.41, 5.74) is 3.83. The smallest absolute Gasteiger partial charge is 0.251 e. The molecule has 10 nitrogen and oxygen atoms in total. The molecule has 46 heavy (non-hydrogen) atoms. The number of hydrogen-bond donors (Lipinski definition) is 2. The van der Waals surface area contributed by atoms with Crippen molar-refractivity contribution in [1.82, 2.24) is 25.0 Å². The van der Waals surface area contributed by atoms with Gasteiger partial charge in [0.05, 0.1) is 24.9 Å². The van der Waals surface area contributed by atoms with Crippen molar-refractivity contribution < 1.29 is 19.1 Å². The average Bonchev–Trinajstić information content (AvgIpc) is 3.65. The van der Waals surface area contributed by atoms with Gasteiger partial charge < -0.3 is 19.7 Å². The maximum Gasteiger partial charge on any atom is 0.251 e. The number of rotatable bonds is 8. The number of aromatic nitrogens is 3. The summed E-state index contributed by atoms with van der Waals surface area (Å²) in [7, 11) is -0.801. The molecule has 2 N–H and O–H groups in total. The highest BCUT2D eigenvalue weighted by Gasteiger charge is 2.33. The van der Waals surface area contributed by atoms with Crippen LogP contribution < -0.4 is 15.2 Å². The van der Waals surface area contributed by atoms with E-state index >= 15 is 0 Å². The van der Waals surface area contributed by atoms with Crippen LogP contribution in [0.4, 0.5) is 0 Å². The van der Waals surface area contributed by atoms with Crippen molar-refractivity contribution in [2.45, 2.75) is 38.9 Å². The van der Waals surface area contributed by atoms with Crippen molar-refractivity contribution in [2.75, 3.05) is 26.7 Å². The topological polar surface area (TPSA) is 122 Å². The molecule has 0 saturated carbocycles. The van der Waals surface area contributed by atoms with Crippen molar-refractivity contribution in [3.63, 3.8) is 0 Å². The number of halogens is 1. The van der Waals surface area contributed by atoms with E-state index in [1.165, 1.54) is 0 Å². The van der Waals surface area contributed by atoms with Crippen molar-refractivity contribution in [3.05, 3.63) is 100 Å². The number of likely N-dealkylation sites (tertiary alicyclic amines) is 1. The number of aryl methyl sites for hydroxylation is 1. The monoisotopic (exact) mass is 656 g/mol. The van der Waals surface area contributed by atoms with E-state index in [2.05, 4.69) is 15.5 Å². The largest absolute Gasteiger partial charge is 0.497 e. The molecule has 1 saturated heterocycles. The Labute approximate surface area is 274 Å². The average molecular weight is 657 g/mol. The van der Waals surface area contributed by atoms with E-state index in [9.17, 15) is 14.4 Å². The van der Waals surface area contributed by atoms with Crippen molar-refractivity contribution in [1.29, 1.82) is 0 Å². The number of ether oxygens (including phenoxy) is 1. The fourth-order valence-electron chi connectivity index (χ4n) is 6.07. The highest BCUT2D eigenvalue weighted by Crippen LogP contribution is 2.35. The van der Waals surface area contributed by atoms with Crippen molar-refractivity contribution in [2.24, 2.45) is 10.9 Å². The lowest BCUT2D eigenvalue weighted by Gasteiger charge is -2.19. The van der Waals surface area contributed by atoms with E-state index in [0.29, 0.717) is 53.3 Å². The van der Waals surface area contributed by atoms with E-state index in [-0.39, 0.29) is 24.2 Å². The third kappa shape index (κ3) is 6.48. The lowest BCUT2D eigenvalue weighted by atomic mass is 10.00. The predicted molar refractivity (Wildman–Crippen MR) is 180 cm³/mol. The second kappa shape index (κ2) is 12.8. The zero-order valence-electron chi connectivity index (χ0n) is 26.3. The summed E-state index contributed by atoms with van der Waals surface area (Å²) in [5.74, 6) is 1.93. The Hall–Kier alpha value is -4.32. The van der Waals surface area contributed by atoms with Crippen LogP contribution in [0.25, 0.3) is 5.69 Å². The number of carbonyl (C=O) groups excluding carboxylic acids is 2. The molecule has 0 bridgehead atoms. The van der Waals surface area contributed by atoms with Gasteiger partial charge in [0.2, 0.25) is 14.2 Å². The van der Waals surface area contributed by atoms with Crippen LogP contribution in [0.5, 0.6) is 5.75 Å². The molecule has 1 aromatic heterocycles. The van der Waals surface area contributed by atoms with Gasteiger partial charge in [-0.3, -0.25) is 19.1 Å². The van der Waals surface area contributed by atoms with E-state index in [0.717, 1.165) is 28.4 Å². The molecule has 12 heteroatoms. The SMILES string of the molecule is COc1ccc2c(c1)C(c1ccc(Cl)cc1)=NC(CC(=O)N1CCC(CNC(=O)c3ccc([Si](C)(C)O)cc3)C1)c1nnc(C)n1-2. The van der Waals surface area contributed by atoms with Gasteiger partial charge in [-0.15, -0.1) is 10.2 Å². The first-order valence-electron chi connectivity index (χ1n) is 15.3. The second-order valence-corrected chi connectivity index (χ2v) is 16.5. The Bertz CT molecular complexity index is 1800. The van der Waals surface area contributed by atoms with Gasteiger partial charge in [-0.05, 0) is 80.0 Å². The van der Waals surface area contributed by atoms with E-state index in [1.807, 2.05) is 84.1 Å². The summed E-state index contributed by atoms with van der Waals surface area (Å²) in [6, 6.07) is 19.9. The van der Waals surface area contributed by atoms with Gasteiger partial charge in [-0.1, -0.05) is 35.9 Å². The molecule has 1 fully saturated rings. The summed E-state index contributed by atoms with van der Waals surface area (Å²) in [6.07, 6.45) is 0.913. The van der Waals surface area contributed by atoms with Gasteiger partial charge >= 0.3 is 0 Å². The zero-order valence-corrected chi connectivity index (χ0v) is 28.1. The normalized spacial score (nSPS) is 17.5. The molecule has 238 valence electrons. The number of benzene rings is 3. The first-order valence-corrected chi connectivity index (χ1v) is 18.7. The molecule has 0 spiro atoms. The quantitative estimate of drug-likeness (QED) is 0.274. The standard InChI is InChI=1S/C34H37ClN6O4Si/c1-21-38-39-33-29(37-32(23-5-9-25(35)10-6-23)28-17-26(45-2)11-14-30(28)41(21)33)18-31(42)40-16-15-22(20-40)19-36-34(43)24-7-12-27(13-8-24)46(3,4)44/h5-14,17,22,29,44H,15-16,18-20H2,1-4H3,(H,36,43). The molecular weight excluding hydrogens is 620 g/mol. The lowest BCUT2D eigenvalue weighted by molar-refractivity contribution is -0.130. The first-order chi connectivity index (χ1) is 22.0. The number of nitrogens with zero attached hydrogens (tertiary/aromatic N) is 5. The summed E-state index contributed by atoms with van der Waals surface area (Å²) < 4.78 is 7.53. The highest BCUT2D eigenvalue weighted by molar-refractivity contribution is 6.83. The summed E-state index contributed by atoms with van der Waals surface area (Å²) in [5, 5.41) is 13.4. The number of fused-ring (bicyclic) bond motifs is 3. The molecule has 0 aliphatic carbocycles. The number of aliphatic imine (C=N–C) groups is 1. The van der Waals surface area contributed by atoms with Crippen LogP contribution in [0.1, 0.15) is 52.0 Å². The van der Waals surface area contributed by atoms with Crippen molar-refractivity contribution >= 4 is 42.6 Å². The molecule has 0 radical (unpaired) electrons. The molecule has 2 amide bonds. The lowest BCUT2D eigenvalue weighted by Crippen LogP contribution is -2.41. The fourth-order valence-corrected chi connectivity index (χ4v) is 7.17. The van der Waals surface area contributed by atoms with Gasteiger partial charge in [0, 0.05) is 41.3 Å². The molecule has 3 heterocycles. The van der Waals surface area contributed by atoms with Crippen LogP contribution in [0.3, 0.4) is 0 Å². The minimum atomic E-state index is -2.43. The minimum Gasteiger partial charge on any atom is -0.497 e. The van der Waals surface area contributed by atoms with Gasteiger partial charge in [0.15, 0.2) is 5.82 Å². The van der Waals surface area contributed by atoms with E-state index in [1.54, 1.807) is 19.2 Å². The van der Waals surface area contributed by atoms with Crippen LogP contribution in [0, 0.1) is 12.8 Å². The first kappa shape index (κ1) is 31.7.